The van der Waals surface area contributed by atoms with Crippen molar-refractivity contribution in [2.45, 2.75) is 0 Å². The molecule has 0 saturated carbocycles. The fraction of sp³-hybridized carbons (Fsp3) is 0. The van der Waals surface area contributed by atoms with Gasteiger partial charge in [-0.3, -0.25) is 0 Å². The van der Waals surface area contributed by atoms with Crippen molar-refractivity contribution in [3.05, 3.63) is 44.2 Å². The molecule has 0 aromatic carbocycles. The van der Waals surface area contributed by atoms with Crippen LogP contribution in [0.25, 0.3) is 0 Å². The molecule has 2 rings (SSSR count). The second kappa shape index (κ2) is 14.9. The Morgan fingerprint density at radius 2 is 1.93 bits per heavy atom. The van der Waals surface area contributed by atoms with Crippen molar-refractivity contribution >= 4 is 84.7 Å². The Morgan fingerprint density at radius 1 is 1.21 bits per heavy atom. The van der Waals surface area contributed by atoms with Crippen molar-refractivity contribution in [1.82, 2.24) is 0 Å². The van der Waals surface area contributed by atoms with Crippen molar-refractivity contribution in [2.24, 2.45) is 0 Å². The number of thiophene rings is 2. The standard InChI is InChI=1S/C4H3BrS.C4H3S.BrH.2Mg.2H/c5-4-2-1-3-6-4;1-2-4-5-3-1;;;;;/h1-3H;1-3H;1H;;;;/q;-1;;2*+2;2*-1/p-1. The third kappa shape index (κ3) is 12.0. The summed E-state index contributed by atoms with van der Waals surface area (Å²) in [6, 6.07) is 7.88. The average molecular weight is 377 g/mol. The molecule has 0 nitrogen and oxygen atoms in total. The Morgan fingerprint density at radius 3 is 2.07 bits per heavy atom. The van der Waals surface area contributed by atoms with Crippen molar-refractivity contribution < 1.29 is 19.8 Å². The van der Waals surface area contributed by atoms with E-state index >= 15 is 0 Å². The Hall–Kier alpha value is 1.89. The minimum atomic E-state index is 0. The summed E-state index contributed by atoms with van der Waals surface area (Å²) < 4.78 is 1.20. The summed E-state index contributed by atoms with van der Waals surface area (Å²) in [5, 5.41) is 6.92. The molecular formula is C8H8Br2Mg2S2. The maximum atomic E-state index is 3.30. The van der Waals surface area contributed by atoms with Crippen LogP contribution in [0.1, 0.15) is 2.85 Å². The Balaban J connectivity index is -0.0000000387. The monoisotopic (exact) mass is 374 g/mol. The van der Waals surface area contributed by atoms with Gasteiger partial charge in [0, 0.05) is 0 Å². The van der Waals surface area contributed by atoms with Crippen LogP contribution in [0.3, 0.4) is 0 Å². The van der Waals surface area contributed by atoms with E-state index in [1.54, 1.807) is 22.7 Å². The van der Waals surface area contributed by atoms with Crippen molar-refractivity contribution in [3.63, 3.8) is 0 Å². The molecule has 0 radical (unpaired) electrons. The van der Waals surface area contributed by atoms with Crippen LogP contribution >= 0.6 is 38.6 Å². The largest absolute Gasteiger partial charge is 2.00 e. The molecule has 2 aromatic heterocycles. The van der Waals surface area contributed by atoms with Crippen LogP contribution < -0.4 is 17.0 Å². The second-order valence-electron chi connectivity index (χ2n) is 1.65. The Labute approximate surface area is 147 Å². The normalized spacial score (nSPS) is 6.64. The van der Waals surface area contributed by atoms with Gasteiger partial charge < -0.3 is 31.2 Å². The number of rotatable bonds is 0. The topological polar surface area (TPSA) is 0 Å². The summed E-state index contributed by atoms with van der Waals surface area (Å²) in [5.74, 6) is 0. The SMILES string of the molecule is Brc1cccs1.[Br-].[H-].[H-].[Mg+2].[Mg+2].[c-]1cccs1. The summed E-state index contributed by atoms with van der Waals surface area (Å²) >= 11 is 6.58. The van der Waals surface area contributed by atoms with E-state index in [1.807, 2.05) is 35.0 Å². The molecule has 6 heteroatoms. The van der Waals surface area contributed by atoms with Gasteiger partial charge in [0.15, 0.2) is 0 Å². The molecule has 14 heavy (non-hydrogen) atoms. The van der Waals surface area contributed by atoms with Crippen molar-refractivity contribution in [3.8, 4) is 0 Å². The quantitative estimate of drug-likeness (QED) is 0.465. The molecule has 0 unspecified atom stereocenters. The molecule has 0 amide bonds. The van der Waals surface area contributed by atoms with Gasteiger partial charge in [0.05, 0.1) is 3.79 Å². The zero-order valence-corrected chi connectivity index (χ0v) is 15.1. The van der Waals surface area contributed by atoms with Gasteiger partial charge in [-0.25, -0.2) is 6.07 Å². The van der Waals surface area contributed by atoms with Crippen molar-refractivity contribution in [1.29, 1.82) is 0 Å². The van der Waals surface area contributed by atoms with Crippen LogP contribution in [-0.4, -0.2) is 46.1 Å². The molecule has 2 aromatic rings. The van der Waals surface area contributed by atoms with Gasteiger partial charge in [0.1, 0.15) is 0 Å². The number of hydrogen-bond donors (Lipinski definition) is 0. The second-order valence-corrected chi connectivity index (χ2v) is 4.72. The summed E-state index contributed by atoms with van der Waals surface area (Å²) in [4.78, 5) is 0. The summed E-state index contributed by atoms with van der Waals surface area (Å²) in [6.45, 7) is 0. The number of hydrogen-bond acceptors (Lipinski definition) is 2. The summed E-state index contributed by atoms with van der Waals surface area (Å²) in [6.07, 6.45) is 0. The molecular weight excluding hydrogens is 369 g/mol. The first kappa shape index (κ1) is 21.2. The van der Waals surface area contributed by atoms with E-state index in [9.17, 15) is 0 Å². The molecule has 0 N–H and O–H groups in total. The van der Waals surface area contributed by atoms with Gasteiger partial charge in [-0.05, 0) is 27.4 Å². The fourth-order valence-corrected chi connectivity index (χ4v) is 1.77. The fourth-order valence-electron chi connectivity index (χ4n) is 0.455. The van der Waals surface area contributed by atoms with E-state index in [-0.39, 0.29) is 65.9 Å². The van der Waals surface area contributed by atoms with E-state index in [2.05, 4.69) is 21.3 Å². The molecule has 0 saturated heterocycles. The van der Waals surface area contributed by atoms with Crippen LogP contribution in [0, 0.1) is 5.38 Å². The zero-order chi connectivity index (χ0) is 7.94. The smallest absolute Gasteiger partial charge is 1.00 e. The predicted octanol–water partition coefficient (Wildman–Crippen LogP) is 0.526. The first-order valence-corrected chi connectivity index (χ1v) is 5.53. The molecule has 0 aliphatic heterocycles. The third-order valence-corrected chi connectivity index (χ3v) is 2.91. The Bertz CT molecular complexity index is 250. The van der Waals surface area contributed by atoms with Gasteiger partial charge in [-0.15, -0.1) is 16.7 Å². The van der Waals surface area contributed by atoms with E-state index in [0.717, 1.165) is 0 Å². The van der Waals surface area contributed by atoms with Crippen molar-refractivity contribution in [2.75, 3.05) is 0 Å². The van der Waals surface area contributed by atoms with Crippen LogP contribution in [-0.2, 0) is 0 Å². The van der Waals surface area contributed by atoms with Crippen LogP contribution in [0.15, 0.2) is 38.8 Å². The summed E-state index contributed by atoms with van der Waals surface area (Å²) in [7, 11) is 0. The zero-order valence-electron chi connectivity index (χ0n) is 9.45. The molecule has 0 fully saturated rings. The number of halogens is 2. The summed E-state index contributed by atoms with van der Waals surface area (Å²) in [5.41, 5.74) is 0. The van der Waals surface area contributed by atoms with Gasteiger partial charge in [-0.2, -0.15) is 11.4 Å². The van der Waals surface area contributed by atoms with Crippen LogP contribution in [0.4, 0.5) is 0 Å². The first-order chi connectivity index (χ1) is 5.39. The minimum Gasteiger partial charge on any atom is -1.00 e. The maximum absolute atomic E-state index is 3.30. The minimum absolute atomic E-state index is 0. The van der Waals surface area contributed by atoms with Crippen LogP contribution in [0.2, 0.25) is 0 Å². The molecule has 0 spiro atoms. The van der Waals surface area contributed by atoms with Crippen LogP contribution in [0.5, 0.6) is 0 Å². The van der Waals surface area contributed by atoms with E-state index < -0.39 is 0 Å². The van der Waals surface area contributed by atoms with Gasteiger partial charge in [0.2, 0.25) is 0 Å². The Kier molecular flexibility index (Phi) is 22.6. The van der Waals surface area contributed by atoms with E-state index in [4.69, 9.17) is 0 Å². The average Bonchev–Trinajstić information content (AvgIpc) is 2.57. The van der Waals surface area contributed by atoms with E-state index in [1.165, 1.54) is 3.79 Å². The van der Waals surface area contributed by atoms with Gasteiger partial charge in [-0.1, -0.05) is 6.07 Å². The van der Waals surface area contributed by atoms with E-state index in [0.29, 0.717) is 0 Å². The van der Waals surface area contributed by atoms with Gasteiger partial charge in [0.25, 0.3) is 0 Å². The molecule has 0 aliphatic carbocycles. The molecule has 0 aliphatic rings. The molecule has 70 valence electrons. The molecule has 0 bridgehead atoms. The predicted molar refractivity (Wildman–Crippen MR) is 68.9 cm³/mol. The molecule has 0 atom stereocenters. The maximum Gasteiger partial charge on any atom is 2.00 e. The third-order valence-electron chi connectivity index (χ3n) is 0.865. The molecule has 2 heterocycles. The first-order valence-electron chi connectivity index (χ1n) is 2.98. The van der Waals surface area contributed by atoms with Gasteiger partial charge >= 0.3 is 46.1 Å².